The van der Waals surface area contributed by atoms with Gasteiger partial charge < -0.3 is 10.2 Å². The molecule has 1 aliphatic rings. The Balaban J connectivity index is 0.00000364. The van der Waals surface area contributed by atoms with Gasteiger partial charge >= 0.3 is 0 Å². The van der Waals surface area contributed by atoms with E-state index in [2.05, 4.69) is 39.1 Å². The molecule has 1 aliphatic heterocycles. The van der Waals surface area contributed by atoms with Crippen molar-refractivity contribution in [2.24, 2.45) is 10.9 Å². The third-order valence-electron chi connectivity index (χ3n) is 4.60. The van der Waals surface area contributed by atoms with E-state index in [0.29, 0.717) is 19.0 Å². The van der Waals surface area contributed by atoms with Crippen molar-refractivity contribution >= 4 is 55.9 Å². The van der Waals surface area contributed by atoms with Crippen molar-refractivity contribution < 1.29 is 8.42 Å². The minimum atomic E-state index is -3.07. The molecule has 154 valence electrons. The van der Waals surface area contributed by atoms with Gasteiger partial charge in [-0.1, -0.05) is 34.1 Å². The first-order valence-electron chi connectivity index (χ1n) is 8.99. The molecular formula is C18H30BrIN4O2S. The monoisotopic (exact) mass is 572 g/mol. The quantitative estimate of drug-likeness (QED) is 0.323. The lowest BCUT2D eigenvalue weighted by atomic mass is 9.98. The molecule has 0 saturated carbocycles. The number of hydrogen-bond acceptors (Lipinski definition) is 3. The van der Waals surface area contributed by atoms with Gasteiger partial charge in [0.05, 0.1) is 6.26 Å². The van der Waals surface area contributed by atoms with Crippen LogP contribution in [-0.4, -0.2) is 63.1 Å². The first-order valence-corrected chi connectivity index (χ1v) is 11.6. The fraction of sp³-hybridized carbons (Fsp3) is 0.611. The van der Waals surface area contributed by atoms with E-state index < -0.39 is 10.0 Å². The second-order valence-corrected chi connectivity index (χ2v) is 9.58. The second-order valence-electron chi connectivity index (χ2n) is 6.75. The van der Waals surface area contributed by atoms with Crippen LogP contribution in [0.1, 0.15) is 25.3 Å². The summed E-state index contributed by atoms with van der Waals surface area (Å²) in [6, 6.07) is 8.19. The van der Waals surface area contributed by atoms with Gasteiger partial charge in [-0.2, -0.15) is 0 Å². The number of rotatable bonds is 6. The molecule has 0 spiro atoms. The predicted octanol–water partition coefficient (Wildman–Crippen LogP) is 3.14. The number of hydrogen-bond donors (Lipinski definition) is 1. The standard InChI is InChI=1S/C18H29BrN4O2S.HI/c1-4-20-18(22(2)14-16-7-5-6-8-17(16)19)21-13-15-9-11-23(12-10-15)26(3,24)25;/h5-8,15H,4,9-14H2,1-3H3,(H,20,21);1H. The molecule has 0 aromatic heterocycles. The summed E-state index contributed by atoms with van der Waals surface area (Å²) in [6.07, 6.45) is 3.01. The van der Waals surface area contributed by atoms with E-state index in [4.69, 9.17) is 4.99 Å². The van der Waals surface area contributed by atoms with E-state index in [1.54, 1.807) is 4.31 Å². The maximum atomic E-state index is 11.6. The molecule has 0 atom stereocenters. The van der Waals surface area contributed by atoms with Crippen LogP contribution in [0, 0.1) is 5.92 Å². The summed E-state index contributed by atoms with van der Waals surface area (Å²) in [6.45, 7) is 5.56. The highest BCUT2D eigenvalue weighted by atomic mass is 127. The van der Waals surface area contributed by atoms with Gasteiger partial charge in [-0.25, -0.2) is 12.7 Å². The van der Waals surface area contributed by atoms with Gasteiger partial charge in [0.1, 0.15) is 0 Å². The summed E-state index contributed by atoms with van der Waals surface area (Å²) >= 11 is 3.60. The lowest BCUT2D eigenvalue weighted by molar-refractivity contribution is 0.279. The summed E-state index contributed by atoms with van der Waals surface area (Å²) < 4.78 is 25.9. The summed E-state index contributed by atoms with van der Waals surface area (Å²) in [5.41, 5.74) is 1.21. The average Bonchev–Trinajstić information content (AvgIpc) is 2.60. The predicted molar refractivity (Wildman–Crippen MR) is 126 cm³/mol. The van der Waals surface area contributed by atoms with Crippen molar-refractivity contribution in [1.29, 1.82) is 0 Å². The Hall–Kier alpha value is -0.390. The molecule has 1 heterocycles. The van der Waals surface area contributed by atoms with Gasteiger partial charge in [0, 0.05) is 44.2 Å². The molecule has 0 radical (unpaired) electrons. The van der Waals surface area contributed by atoms with Crippen LogP contribution in [0.15, 0.2) is 33.7 Å². The molecule has 1 fully saturated rings. The second kappa shape index (κ2) is 11.6. The molecule has 1 saturated heterocycles. The number of nitrogens with zero attached hydrogens (tertiary/aromatic N) is 3. The average molecular weight is 573 g/mol. The van der Waals surface area contributed by atoms with Crippen LogP contribution >= 0.6 is 39.9 Å². The Morgan fingerprint density at radius 3 is 2.52 bits per heavy atom. The topological polar surface area (TPSA) is 65.0 Å². The van der Waals surface area contributed by atoms with Gasteiger partial charge in [0.25, 0.3) is 0 Å². The molecule has 1 aromatic carbocycles. The Morgan fingerprint density at radius 1 is 1.33 bits per heavy atom. The Labute approximate surface area is 189 Å². The molecule has 2 rings (SSSR count). The van der Waals surface area contributed by atoms with Crippen LogP contribution in [0.25, 0.3) is 0 Å². The highest BCUT2D eigenvalue weighted by molar-refractivity contribution is 14.0. The molecule has 9 heteroatoms. The van der Waals surface area contributed by atoms with E-state index in [9.17, 15) is 8.42 Å². The van der Waals surface area contributed by atoms with Crippen LogP contribution in [0.5, 0.6) is 0 Å². The number of piperidine rings is 1. The smallest absolute Gasteiger partial charge is 0.211 e. The molecular weight excluding hydrogens is 543 g/mol. The zero-order chi connectivity index (χ0) is 19.2. The summed E-state index contributed by atoms with van der Waals surface area (Å²) in [5, 5.41) is 3.35. The van der Waals surface area contributed by atoms with E-state index in [0.717, 1.165) is 42.9 Å². The van der Waals surface area contributed by atoms with Crippen molar-refractivity contribution in [1.82, 2.24) is 14.5 Å². The van der Waals surface area contributed by atoms with E-state index in [1.807, 2.05) is 25.2 Å². The maximum absolute atomic E-state index is 11.6. The van der Waals surface area contributed by atoms with Crippen molar-refractivity contribution in [2.75, 3.05) is 39.5 Å². The maximum Gasteiger partial charge on any atom is 0.211 e. The lowest BCUT2D eigenvalue weighted by Gasteiger charge is -2.30. The van der Waals surface area contributed by atoms with Crippen LogP contribution in [0.3, 0.4) is 0 Å². The van der Waals surface area contributed by atoms with Crippen LogP contribution in [-0.2, 0) is 16.6 Å². The normalized spacial score (nSPS) is 16.7. The number of aliphatic imine (C=N–C) groups is 1. The molecule has 1 aromatic rings. The first kappa shape index (κ1) is 24.6. The Bertz CT molecular complexity index is 722. The van der Waals surface area contributed by atoms with Crippen molar-refractivity contribution in [3.63, 3.8) is 0 Å². The first-order chi connectivity index (χ1) is 12.3. The van der Waals surface area contributed by atoms with Gasteiger partial charge in [0.15, 0.2) is 5.96 Å². The minimum absolute atomic E-state index is 0. The van der Waals surface area contributed by atoms with Gasteiger partial charge in [-0.05, 0) is 37.3 Å². The van der Waals surface area contributed by atoms with Gasteiger partial charge in [-0.3, -0.25) is 4.99 Å². The largest absolute Gasteiger partial charge is 0.357 e. The van der Waals surface area contributed by atoms with Crippen LogP contribution < -0.4 is 5.32 Å². The van der Waals surface area contributed by atoms with Gasteiger partial charge in [-0.15, -0.1) is 24.0 Å². The van der Waals surface area contributed by atoms with Crippen molar-refractivity contribution in [3.8, 4) is 0 Å². The molecule has 1 N–H and O–H groups in total. The summed E-state index contributed by atoms with van der Waals surface area (Å²) in [4.78, 5) is 6.92. The Morgan fingerprint density at radius 2 is 1.96 bits per heavy atom. The molecule has 0 aliphatic carbocycles. The number of guanidine groups is 1. The number of nitrogens with one attached hydrogen (secondary N) is 1. The van der Waals surface area contributed by atoms with E-state index in [1.165, 1.54) is 11.8 Å². The lowest BCUT2D eigenvalue weighted by Crippen LogP contribution is -2.40. The van der Waals surface area contributed by atoms with Crippen molar-refractivity contribution in [3.05, 3.63) is 34.3 Å². The number of benzene rings is 1. The fourth-order valence-electron chi connectivity index (χ4n) is 3.07. The zero-order valence-corrected chi connectivity index (χ0v) is 20.9. The van der Waals surface area contributed by atoms with Gasteiger partial charge in [0.2, 0.25) is 10.0 Å². The highest BCUT2D eigenvalue weighted by Crippen LogP contribution is 2.20. The molecule has 0 amide bonds. The Kier molecular flexibility index (Phi) is 10.6. The fourth-order valence-corrected chi connectivity index (χ4v) is 4.35. The summed E-state index contributed by atoms with van der Waals surface area (Å²) in [7, 11) is -1.03. The minimum Gasteiger partial charge on any atom is -0.357 e. The number of sulfonamides is 1. The van der Waals surface area contributed by atoms with Crippen LogP contribution in [0.2, 0.25) is 0 Å². The molecule has 0 bridgehead atoms. The summed E-state index contributed by atoms with van der Waals surface area (Å²) in [5.74, 6) is 1.31. The highest BCUT2D eigenvalue weighted by Gasteiger charge is 2.24. The van der Waals surface area contributed by atoms with Crippen LogP contribution in [0.4, 0.5) is 0 Å². The molecule has 27 heavy (non-hydrogen) atoms. The van der Waals surface area contributed by atoms with E-state index >= 15 is 0 Å². The van der Waals surface area contributed by atoms with E-state index in [-0.39, 0.29) is 24.0 Å². The third-order valence-corrected chi connectivity index (χ3v) is 6.68. The zero-order valence-electron chi connectivity index (χ0n) is 16.2. The molecule has 6 nitrogen and oxygen atoms in total. The van der Waals surface area contributed by atoms with Crippen molar-refractivity contribution in [2.45, 2.75) is 26.3 Å². The number of halogens is 2. The third kappa shape index (κ3) is 7.86. The SMILES string of the molecule is CCNC(=NCC1CCN(S(C)(=O)=O)CC1)N(C)Cc1ccccc1Br.I. The molecule has 0 unspecified atom stereocenters.